The van der Waals surface area contributed by atoms with E-state index < -0.39 is 29.5 Å². The summed E-state index contributed by atoms with van der Waals surface area (Å²) in [6.07, 6.45) is 1.01. The molecule has 0 atom stereocenters. The Hall–Kier alpha value is -3.03. The van der Waals surface area contributed by atoms with E-state index in [4.69, 9.17) is 14.9 Å². The summed E-state index contributed by atoms with van der Waals surface area (Å²) in [7, 11) is 0. The predicted octanol–water partition coefficient (Wildman–Crippen LogP) is 2.11. The number of pyridine rings is 1. The van der Waals surface area contributed by atoms with E-state index in [-0.39, 0.29) is 18.2 Å². The maximum absolute atomic E-state index is 14.2. The molecule has 0 bridgehead atoms. The molecule has 2 heterocycles. The van der Waals surface area contributed by atoms with Gasteiger partial charge >= 0.3 is 0 Å². The van der Waals surface area contributed by atoms with Gasteiger partial charge in [0.05, 0.1) is 6.42 Å². The van der Waals surface area contributed by atoms with E-state index >= 15 is 0 Å². The minimum atomic E-state index is -0.974. The van der Waals surface area contributed by atoms with Gasteiger partial charge in [0.2, 0.25) is 11.8 Å². The summed E-state index contributed by atoms with van der Waals surface area (Å²) in [6, 6.07) is 5.50. The minimum Gasteiger partial charge on any atom is -0.481 e. The van der Waals surface area contributed by atoms with Crippen LogP contribution in [0, 0.1) is 11.6 Å². The zero-order valence-corrected chi connectivity index (χ0v) is 11.8. The first-order chi connectivity index (χ1) is 11.0. The Bertz CT molecular complexity index is 847. The van der Waals surface area contributed by atoms with Crippen LogP contribution in [0.4, 0.5) is 8.78 Å². The van der Waals surface area contributed by atoms with Crippen molar-refractivity contribution in [3.63, 3.8) is 0 Å². The molecule has 3 aromatic rings. The molecule has 0 aliphatic heterocycles. The van der Waals surface area contributed by atoms with E-state index in [9.17, 15) is 13.6 Å². The van der Waals surface area contributed by atoms with Gasteiger partial charge in [0.25, 0.3) is 0 Å². The first-order valence-corrected chi connectivity index (χ1v) is 6.63. The summed E-state index contributed by atoms with van der Waals surface area (Å²) in [4.78, 5) is 18.9. The molecule has 1 aromatic carbocycles. The van der Waals surface area contributed by atoms with Crippen LogP contribution in [0.3, 0.4) is 0 Å². The molecule has 0 fully saturated rings. The van der Waals surface area contributed by atoms with Gasteiger partial charge in [-0.1, -0.05) is 0 Å². The second-order valence-corrected chi connectivity index (χ2v) is 4.70. The third kappa shape index (κ3) is 3.10. The quantitative estimate of drug-likeness (QED) is 0.777. The highest BCUT2D eigenvalue weighted by molar-refractivity contribution is 5.76. The van der Waals surface area contributed by atoms with Gasteiger partial charge < -0.3 is 14.9 Å². The fourth-order valence-corrected chi connectivity index (χ4v) is 2.04. The van der Waals surface area contributed by atoms with Crippen LogP contribution < -0.4 is 10.5 Å². The highest BCUT2D eigenvalue weighted by Gasteiger charge is 2.17. The van der Waals surface area contributed by atoms with Gasteiger partial charge in [0, 0.05) is 11.8 Å². The lowest BCUT2D eigenvalue weighted by atomic mass is 10.1. The van der Waals surface area contributed by atoms with Crippen molar-refractivity contribution in [1.29, 1.82) is 0 Å². The van der Waals surface area contributed by atoms with Crippen molar-refractivity contribution in [2.75, 3.05) is 0 Å². The highest BCUT2D eigenvalue weighted by Crippen LogP contribution is 2.25. The third-order valence-corrected chi connectivity index (χ3v) is 3.06. The lowest BCUT2D eigenvalue weighted by molar-refractivity contribution is -0.117. The lowest BCUT2D eigenvalue weighted by Gasteiger charge is -2.09. The molecule has 2 N–H and O–H groups in total. The van der Waals surface area contributed by atoms with Crippen molar-refractivity contribution in [3.8, 4) is 5.75 Å². The van der Waals surface area contributed by atoms with Crippen molar-refractivity contribution in [2.45, 2.75) is 13.0 Å². The number of hydrogen-bond acceptors (Lipinski definition) is 5. The summed E-state index contributed by atoms with van der Waals surface area (Å²) in [5.41, 5.74) is 5.41. The van der Waals surface area contributed by atoms with E-state index in [1.165, 1.54) is 0 Å². The predicted molar refractivity (Wildman–Crippen MR) is 75.4 cm³/mol. The Labute approximate surface area is 128 Å². The molecular formula is C15H11F2N3O3. The number of aromatic nitrogens is 2. The molecular weight excluding hydrogens is 308 g/mol. The lowest BCUT2D eigenvalue weighted by Crippen LogP contribution is -2.16. The molecule has 0 radical (unpaired) electrons. The number of amides is 1. The molecule has 118 valence electrons. The standard InChI is InChI=1S/C15H11F2N3O3/c16-9-3-4-10(14(17)8(9)6-12(18)21)22-7-13-20-15-11(23-13)2-1-5-19-15/h1-5H,6-7H2,(H2,18,21). The highest BCUT2D eigenvalue weighted by atomic mass is 19.1. The Morgan fingerprint density at radius 2 is 2.13 bits per heavy atom. The average molecular weight is 319 g/mol. The number of carbonyl (C=O) groups excluding carboxylic acids is 1. The van der Waals surface area contributed by atoms with Crippen molar-refractivity contribution in [1.82, 2.24) is 9.97 Å². The van der Waals surface area contributed by atoms with Gasteiger partial charge in [-0.3, -0.25) is 4.79 Å². The molecule has 0 saturated carbocycles. The molecule has 3 rings (SSSR count). The molecule has 0 aliphatic carbocycles. The molecule has 0 saturated heterocycles. The second-order valence-electron chi connectivity index (χ2n) is 4.70. The van der Waals surface area contributed by atoms with Crippen LogP contribution in [0.15, 0.2) is 34.9 Å². The SMILES string of the molecule is NC(=O)Cc1c(F)ccc(OCc2nc3ncccc3o2)c1F. The Kier molecular flexibility index (Phi) is 3.88. The van der Waals surface area contributed by atoms with Crippen LogP contribution >= 0.6 is 0 Å². The first-order valence-electron chi connectivity index (χ1n) is 6.63. The van der Waals surface area contributed by atoms with Gasteiger partial charge in [0.1, 0.15) is 5.82 Å². The topological polar surface area (TPSA) is 91.2 Å². The number of fused-ring (bicyclic) bond motifs is 1. The zero-order chi connectivity index (χ0) is 16.4. The minimum absolute atomic E-state index is 0.172. The summed E-state index contributed by atoms with van der Waals surface area (Å²) in [5, 5.41) is 0. The molecule has 6 nitrogen and oxygen atoms in total. The molecule has 23 heavy (non-hydrogen) atoms. The number of ether oxygens (including phenoxy) is 1. The van der Waals surface area contributed by atoms with Crippen molar-refractivity contribution in [3.05, 3.63) is 53.6 Å². The Morgan fingerprint density at radius 3 is 2.87 bits per heavy atom. The van der Waals surface area contributed by atoms with Gasteiger partial charge in [-0.15, -0.1) is 0 Å². The summed E-state index contributed by atoms with van der Waals surface area (Å²) >= 11 is 0. The van der Waals surface area contributed by atoms with Crippen LogP contribution in [0.5, 0.6) is 5.75 Å². The van der Waals surface area contributed by atoms with Crippen molar-refractivity contribution >= 4 is 17.1 Å². The summed E-state index contributed by atoms with van der Waals surface area (Å²) in [6.45, 7) is -0.172. The van der Waals surface area contributed by atoms with Crippen LogP contribution in [0.25, 0.3) is 11.2 Å². The first kappa shape index (κ1) is 14.9. The molecule has 8 heteroatoms. The van der Waals surface area contributed by atoms with Gasteiger partial charge in [-0.2, -0.15) is 4.98 Å². The Morgan fingerprint density at radius 1 is 1.30 bits per heavy atom. The molecule has 1 amide bonds. The number of halogens is 2. The largest absolute Gasteiger partial charge is 0.481 e. The smallest absolute Gasteiger partial charge is 0.235 e. The van der Waals surface area contributed by atoms with E-state index in [1.54, 1.807) is 18.3 Å². The van der Waals surface area contributed by atoms with E-state index in [0.717, 1.165) is 12.1 Å². The summed E-state index contributed by atoms with van der Waals surface area (Å²) in [5.74, 6) is -2.71. The van der Waals surface area contributed by atoms with Crippen LogP contribution in [0.1, 0.15) is 11.5 Å². The monoisotopic (exact) mass is 319 g/mol. The van der Waals surface area contributed by atoms with E-state index in [2.05, 4.69) is 9.97 Å². The number of benzene rings is 1. The van der Waals surface area contributed by atoms with Crippen LogP contribution in [-0.2, 0) is 17.8 Å². The maximum Gasteiger partial charge on any atom is 0.235 e. The number of nitrogens with zero attached hydrogens (tertiary/aromatic N) is 2. The molecule has 2 aromatic heterocycles. The van der Waals surface area contributed by atoms with Gasteiger partial charge in [-0.25, -0.2) is 13.8 Å². The number of carbonyl (C=O) groups is 1. The molecule has 0 aliphatic rings. The fraction of sp³-hybridized carbons (Fsp3) is 0.133. The molecule has 0 unspecified atom stereocenters. The fourth-order valence-electron chi connectivity index (χ4n) is 2.04. The number of rotatable bonds is 5. The van der Waals surface area contributed by atoms with Crippen LogP contribution in [0.2, 0.25) is 0 Å². The average Bonchev–Trinajstić information content (AvgIpc) is 2.93. The Balaban J connectivity index is 1.81. The zero-order valence-electron chi connectivity index (χ0n) is 11.8. The normalized spacial score (nSPS) is 10.9. The van der Waals surface area contributed by atoms with E-state index in [0.29, 0.717) is 11.2 Å². The number of oxazole rings is 1. The number of nitrogens with two attached hydrogens (primary N) is 1. The third-order valence-electron chi connectivity index (χ3n) is 3.06. The van der Waals surface area contributed by atoms with Crippen molar-refractivity contribution < 1.29 is 22.7 Å². The van der Waals surface area contributed by atoms with Crippen molar-refractivity contribution in [2.24, 2.45) is 5.73 Å². The number of hydrogen-bond donors (Lipinski definition) is 1. The summed E-state index contributed by atoms with van der Waals surface area (Å²) < 4.78 is 38.3. The van der Waals surface area contributed by atoms with Gasteiger partial charge in [-0.05, 0) is 24.3 Å². The second kappa shape index (κ2) is 5.99. The van der Waals surface area contributed by atoms with Crippen LogP contribution in [-0.4, -0.2) is 15.9 Å². The van der Waals surface area contributed by atoms with E-state index in [1.807, 2.05) is 0 Å². The molecule has 0 spiro atoms. The maximum atomic E-state index is 14.2. The van der Waals surface area contributed by atoms with Gasteiger partial charge in [0.15, 0.2) is 29.4 Å². The number of primary amides is 1.